The summed E-state index contributed by atoms with van der Waals surface area (Å²) < 4.78 is 0. The first kappa shape index (κ1) is 13.2. The molecule has 16 heavy (non-hydrogen) atoms. The maximum Gasteiger partial charge on any atom is 0.240 e. The van der Waals surface area contributed by atoms with E-state index in [1.807, 2.05) is 0 Å². The maximum atomic E-state index is 10.1. The fourth-order valence-corrected chi connectivity index (χ4v) is 1.90. The van der Waals surface area contributed by atoms with Gasteiger partial charge in [-0.25, -0.2) is 9.59 Å². The molecule has 0 heterocycles. The molecule has 0 atom stereocenters. The number of hydrogen-bond donors (Lipinski definition) is 0. The van der Waals surface area contributed by atoms with E-state index >= 15 is 0 Å². The fraction of sp³-hybridized carbons (Fsp3) is 0. The number of nitrogens with zero attached hydrogens (tertiary/aromatic N) is 2. The molecule has 0 amide bonds. The molecule has 0 saturated heterocycles. The topological polar surface area (TPSA) is 58.9 Å². The molecule has 0 aromatic heterocycles. The summed E-state index contributed by atoms with van der Waals surface area (Å²) in [6, 6.07) is 0. The minimum Gasteiger partial charge on any atom is -0.211 e. The lowest BCUT2D eigenvalue weighted by Gasteiger charge is -2.07. The van der Waals surface area contributed by atoms with E-state index in [2.05, 4.69) is 9.98 Å². The van der Waals surface area contributed by atoms with Crippen LogP contribution in [0.15, 0.2) is 9.98 Å². The highest BCUT2D eigenvalue weighted by Gasteiger charge is 2.20. The molecule has 0 bridgehead atoms. The van der Waals surface area contributed by atoms with Crippen LogP contribution >= 0.6 is 46.4 Å². The number of rotatable bonds is 2. The molecule has 1 aromatic carbocycles. The number of carbonyl (C=O) groups excluding carboxylic acids is 2. The van der Waals surface area contributed by atoms with E-state index in [0.29, 0.717) is 0 Å². The van der Waals surface area contributed by atoms with Gasteiger partial charge in [0.2, 0.25) is 12.2 Å². The van der Waals surface area contributed by atoms with E-state index < -0.39 is 0 Å². The number of halogens is 4. The first-order valence-electron chi connectivity index (χ1n) is 3.56. The molecule has 1 rings (SSSR count). The van der Waals surface area contributed by atoms with Crippen LogP contribution in [0.25, 0.3) is 0 Å². The van der Waals surface area contributed by atoms with Gasteiger partial charge in [-0.2, -0.15) is 9.98 Å². The smallest absolute Gasteiger partial charge is 0.211 e. The quantitative estimate of drug-likeness (QED) is 0.466. The number of aliphatic imine (C=N–C) groups is 2. The first-order valence-corrected chi connectivity index (χ1v) is 5.07. The van der Waals surface area contributed by atoms with Crippen LogP contribution in [-0.2, 0) is 9.59 Å². The van der Waals surface area contributed by atoms with Crippen molar-refractivity contribution in [3.63, 3.8) is 0 Å². The molecule has 0 radical (unpaired) electrons. The van der Waals surface area contributed by atoms with Crippen LogP contribution in [0.5, 0.6) is 0 Å². The SMILES string of the molecule is O=C=Nc1c(Cl)c(Cl)c(N=C=O)c(Cl)c1Cl. The van der Waals surface area contributed by atoms with Crippen molar-refractivity contribution in [1.29, 1.82) is 0 Å². The second-order valence-corrected chi connectivity index (χ2v) is 3.87. The summed E-state index contributed by atoms with van der Waals surface area (Å²) >= 11 is 23.0. The van der Waals surface area contributed by atoms with E-state index in [0.717, 1.165) is 0 Å². The summed E-state index contributed by atoms with van der Waals surface area (Å²) in [6.45, 7) is 0. The van der Waals surface area contributed by atoms with Gasteiger partial charge in [0.05, 0.1) is 20.1 Å². The van der Waals surface area contributed by atoms with Crippen LogP contribution in [0.4, 0.5) is 11.4 Å². The zero-order valence-electron chi connectivity index (χ0n) is 7.22. The normalized spacial score (nSPS) is 9.25. The summed E-state index contributed by atoms with van der Waals surface area (Å²) in [5.74, 6) is 0. The molecule has 4 nitrogen and oxygen atoms in total. The standard InChI is InChI=1S/C8Cl4N2O2/c9-3-5(11)8(14-2-16)6(12)4(10)7(3)13-1-15. The van der Waals surface area contributed by atoms with Crippen molar-refractivity contribution in [2.24, 2.45) is 9.98 Å². The molecule has 0 aliphatic carbocycles. The van der Waals surface area contributed by atoms with Crippen molar-refractivity contribution >= 4 is 69.9 Å². The monoisotopic (exact) mass is 296 g/mol. The van der Waals surface area contributed by atoms with Gasteiger partial charge in [0.1, 0.15) is 11.4 Å². The molecular weight excluding hydrogens is 298 g/mol. The van der Waals surface area contributed by atoms with Crippen molar-refractivity contribution in [2.75, 3.05) is 0 Å². The van der Waals surface area contributed by atoms with Crippen LogP contribution in [0.2, 0.25) is 20.1 Å². The highest BCUT2D eigenvalue weighted by atomic mass is 35.5. The largest absolute Gasteiger partial charge is 0.240 e. The highest BCUT2D eigenvalue weighted by molar-refractivity contribution is 6.52. The predicted molar refractivity (Wildman–Crippen MR) is 62.0 cm³/mol. The van der Waals surface area contributed by atoms with E-state index in [9.17, 15) is 9.59 Å². The Balaban J connectivity index is 3.75. The number of hydrogen-bond acceptors (Lipinski definition) is 4. The van der Waals surface area contributed by atoms with E-state index in [1.165, 1.54) is 12.2 Å². The Bertz CT molecular complexity index is 467. The second-order valence-electron chi connectivity index (χ2n) is 2.36. The van der Waals surface area contributed by atoms with Crippen LogP contribution in [0.1, 0.15) is 0 Å². The van der Waals surface area contributed by atoms with Gasteiger partial charge < -0.3 is 0 Å². The Morgan fingerprint density at radius 2 is 0.938 bits per heavy atom. The molecular formula is C8Cl4N2O2. The second kappa shape index (κ2) is 5.46. The average molecular weight is 298 g/mol. The minimum absolute atomic E-state index is 0.127. The molecule has 8 heteroatoms. The van der Waals surface area contributed by atoms with Gasteiger partial charge in [0.25, 0.3) is 0 Å². The van der Waals surface area contributed by atoms with Crippen molar-refractivity contribution in [1.82, 2.24) is 0 Å². The van der Waals surface area contributed by atoms with Gasteiger partial charge in [-0.1, -0.05) is 46.4 Å². The molecule has 0 spiro atoms. The Kier molecular flexibility index (Phi) is 4.51. The van der Waals surface area contributed by atoms with Crippen molar-refractivity contribution in [2.45, 2.75) is 0 Å². The third kappa shape index (κ3) is 2.28. The van der Waals surface area contributed by atoms with E-state index in [1.54, 1.807) is 0 Å². The summed E-state index contributed by atoms with van der Waals surface area (Å²) in [4.78, 5) is 26.8. The zero-order valence-corrected chi connectivity index (χ0v) is 10.2. The van der Waals surface area contributed by atoms with E-state index in [-0.39, 0.29) is 31.5 Å². The molecule has 0 unspecified atom stereocenters. The van der Waals surface area contributed by atoms with Gasteiger partial charge in [0.15, 0.2) is 0 Å². The Morgan fingerprint density at radius 3 is 1.12 bits per heavy atom. The lowest BCUT2D eigenvalue weighted by atomic mass is 10.3. The summed E-state index contributed by atoms with van der Waals surface area (Å²) in [6.07, 6.45) is 2.50. The number of benzene rings is 1. The third-order valence-corrected chi connectivity index (χ3v) is 3.20. The predicted octanol–water partition coefficient (Wildman–Crippen LogP) is 4.23. The third-order valence-electron chi connectivity index (χ3n) is 1.53. The van der Waals surface area contributed by atoms with Crippen molar-refractivity contribution < 1.29 is 9.59 Å². The molecule has 0 fully saturated rings. The molecule has 0 saturated carbocycles. The van der Waals surface area contributed by atoms with Crippen LogP contribution in [-0.4, -0.2) is 12.2 Å². The molecule has 0 aliphatic rings. The van der Waals surface area contributed by atoms with Crippen LogP contribution in [0, 0.1) is 0 Å². The van der Waals surface area contributed by atoms with Gasteiger partial charge in [-0.3, -0.25) is 0 Å². The van der Waals surface area contributed by atoms with Crippen LogP contribution in [0.3, 0.4) is 0 Å². The number of isocyanates is 2. The van der Waals surface area contributed by atoms with Gasteiger partial charge in [-0.05, 0) is 0 Å². The summed E-state index contributed by atoms with van der Waals surface area (Å²) in [7, 11) is 0. The lowest BCUT2D eigenvalue weighted by molar-refractivity contribution is 0.564. The highest BCUT2D eigenvalue weighted by Crippen LogP contribution is 2.49. The first-order chi connectivity index (χ1) is 7.54. The minimum atomic E-state index is -0.145. The van der Waals surface area contributed by atoms with Crippen molar-refractivity contribution in [3.8, 4) is 0 Å². The Morgan fingerprint density at radius 1 is 0.688 bits per heavy atom. The zero-order chi connectivity index (χ0) is 12.3. The average Bonchev–Trinajstić information content (AvgIpc) is 2.28. The molecule has 1 aromatic rings. The van der Waals surface area contributed by atoms with E-state index in [4.69, 9.17) is 46.4 Å². The Labute approximate surface area is 109 Å². The van der Waals surface area contributed by atoms with Gasteiger partial charge >= 0.3 is 0 Å². The lowest BCUT2D eigenvalue weighted by Crippen LogP contribution is -1.79. The maximum absolute atomic E-state index is 10.1. The van der Waals surface area contributed by atoms with Crippen molar-refractivity contribution in [3.05, 3.63) is 20.1 Å². The molecule has 82 valence electrons. The summed E-state index contributed by atoms with van der Waals surface area (Å²) in [5.41, 5.74) is -0.253. The fourth-order valence-electron chi connectivity index (χ4n) is 0.896. The van der Waals surface area contributed by atoms with Gasteiger partial charge in [-0.15, -0.1) is 0 Å². The Hall–Kier alpha value is -0.860. The van der Waals surface area contributed by atoms with Gasteiger partial charge in [0, 0.05) is 0 Å². The molecule has 0 N–H and O–H groups in total. The summed E-state index contributed by atoms with van der Waals surface area (Å²) in [5, 5.41) is -0.580. The molecule has 0 aliphatic heterocycles. The van der Waals surface area contributed by atoms with Crippen LogP contribution < -0.4 is 0 Å².